The lowest BCUT2D eigenvalue weighted by Gasteiger charge is -2.06. The van der Waals surface area contributed by atoms with Crippen molar-refractivity contribution in [1.29, 1.82) is 0 Å². The van der Waals surface area contributed by atoms with Gasteiger partial charge in [-0.25, -0.2) is 9.59 Å². The molecule has 0 aliphatic carbocycles. The van der Waals surface area contributed by atoms with Gasteiger partial charge in [0.25, 0.3) is 0 Å². The second-order valence-corrected chi connectivity index (χ2v) is 3.48. The summed E-state index contributed by atoms with van der Waals surface area (Å²) in [5.74, 6) is -2.02. The van der Waals surface area contributed by atoms with Crippen molar-refractivity contribution < 1.29 is 19.8 Å². The van der Waals surface area contributed by atoms with Crippen molar-refractivity contribution in [3.05, 3.63) is 23.3 Å². The smallest absolute Gasteiger partial charge is 0.331 e. The van der Waals surface area contributed by atoms with Crippen molar-refractivity contribution in [2.75, 3.05) is 0 Å². The Balaban J connectivity index is 5.12. The number of hydrogen-bond donors (Lipinski definition) is 2. The Morgan fingerprint density at radius 3 is 1.94 bits per heavy atom. The molecule has 0 spiro atoms. The van der Waals surface area contributed by atoms with Gasteiger partial charge in [0.2, 0.25) is 0 Å². The first-order valence-corrected chi connectivity index (χ1v) is 5.39. The molecule has 0 aromatic rings. The first kappa shape index (κ1) is 14.4. The highest BCUT2D eigenvalue weighted by atomic mass is 16.4. The van der Waals surface area contributed by atoms with Crippen molar-refractivity contribution in [3.8, 4) is 0 Å². The van der Waals surface area contributed by atoms with E-state index < -0.39 is 11.9 Å². The first-order valence-electron chi connectivity index (χ1n) is 5.39. The fourth-order valence-corrected chi connectivity index (χ4v) is 1.43. The van der Waals surface area contributed by atoms with E-state index in [1.807, 2.05) is 13.8 Å². The molecule has 0 heterocycles. The van der Waals surface area contributed by atoms with Crippen molar-refractivity contribution in [2.24, 2.45) is 0 Å². The minimum atomic E-state index is -1.06. The zero-order chi connectivity index (χ0) is 12.6. The summed E-state index contributed by atoms with van der Waals surface area (Å²) in [5, 5.41) is 17.6. The Hall–Kier alpha value is -1.58. The molecule has 4 nitrogen and oxygen atoms in total. The van der Waals surface area contributed by atoms with E-state index in [1.165, 1.54) is 6.08 Å². The Kier molecular flexibility index (Phi) is 6.92. The molecule has 16 heavy (non-hydrogen) atoms. The highest BCUT2D eigenvalue weighted by Crippen LogP contribution is 2.17. The zero-order valence-corrected chi connectivity index (χ0v) is 9.69. The average molecular weight is 226 g/mol. The van der Waals surface area contributed by atoms with Crippen LogP contribution in [-0.2, 0) is 9.59 Å². The second kappa shape index (κ2) is 7.68. The van der Waals surface area contributed by atoms with Gasteiger partial charge in [0.05, 0.1) is 0 Å². The third-order valence-corrected chi connectivity index (χ3v) is 2.09. The van der Waals surface area contributed by atoms with Gasteiger partial charge in [-0.15, -0.1) is 0 Å². The molecule has 0 atom stereocenters. The average Bonchev–Trinajstić information content (AvgIpc) is 2.20. The molecule has 0 aliphatic rings. The van der Waals surface area contributed by atoms with E-state index in [9.17, 15) is 9.59 Å². The van der Waals surface area contributed by atoms with E-state index >= 15 is 0 Å². The topological polar surface area (TPSA) is 74.6 Å². The number of aliphatic carboxylic acids is 2. The van der Waals surface area contributed by atoms with Gasteiger partial charge in [0.15, 0.2) is 0 Å². The molecule has 0 radical (unpaired) electrons. The molecular weight excluding hydrogens is 208 g/mol. The van der Waals surface area contributed by atoms with Gasteiger partial charge in [0, 0.05) is 11.6 Å². The van der Waals surface area contributed by atoms with E-state index in [0.29, 0.717) is 24.0 Å². The SMILES string of the molecule is CCCC(/C=C/C(=O)O)=C(/CCC)C(=O)O. The molecule has 0 bridgehead atoms. The maximum Gasteiger partial charge on any atom is 0.331 e. The molecule has 0 aliphatic heterocycles. The Labute approximate surface area is 95.3 Å². The van der Waals surface area contributed by atoms with Crippen molar-refractivity contribution in [1.82, 2.24) is 0 Å². The second-order valence-electron chi connectivity index (χ2n) is 3.48. The maximum atomic E-state index is 11.0. The van der Waals surface area contributed by atoms with Gasteiger partial charge in [-0.3, -0.25) is 0 Å². The summed E-state index contributed by atoms with van der Waals surface area (Å²) in [4.78, 5) is 21.4. The van der Waals surface area contributed by atoms with E-state index in [1.54, 1.807) is 0 Å². The van der Waals surface area contributed by atoms with E-state index in [-0.39, 0.29) is 0 Å². The molecule has 0 aromatic heterocycles. The predicted octanol–water partition coefficient (Wildman–Crippen LogP) is 2.61. The summed E-state index contributed by atoms with van der Waals surface area (Å²) < 4.78 is 0. The zero-order valence-electron chi connectivity index (χ0n) is 9.69. The highest BCUT2D eigenvalue weighted by molar-refractivity contribution is 5.89. The number of carboxylic acid groups (broad SMARTS) is 2. The monoisotopic (exact) mass is 226 g/mol. The van der Waals surface area contributed by atoms with Crippen LogP contribution in [0.25, 0.3) is 0 Å². The normalized spacial score (nSPS) is 12.6. The van der Waals surface area contributed by atoms with Crippen LogP contribution < -0.4 is 0 Å². The van der Waals surface area contributed by atoms with Gasteiger partial charge >= 0.3 is 11.9 Å². The first-order chi connectivity index (χ1) is 7.52. The van der Waals surface area contributed by atoms with Crippen molar-refractivity contribution in [2.45, 2.75) is 39.5 Å². The molecule has 0 saturated heterocycles. The fraction of sp³-hybridized carbons (Fsp3) is 0.500. The van der Waals surface area contributed by atoms with Crippen LogP contribution in [0.2, 0.25) is 0 Å². The largest absolute Gasteiger partial charge is 0.478 e. The van der Waals surface area contributed by atoms with Crippen LogP contribution in [0.15, 0.2) is 23.3 Å². The van der Waals surface area contributed by atoms with Gasteiger partial charge < -0.3 is 10.2 Å². The fourth-order valence-electron chi connectivity index (χ4n) is 1.43. The lowest BCUT2D eigenvalue weighted by molar-refractivity contribution is -0.133. The Morgan fingerprint density at radius 1 is 1.00 bits per heavy atom. The molecule has 0 amide bonds. The predicted molar refractivity (Wildman–Crippen MR) is 61.3 cm³/mol. The van der Waals surface area contributed by atoms with Gasteiger partial charge in [-0.1, -0.05) is 32.8 Å². The van der Waals surface area contributed by atoms with Crippen molar-refractivity contribution >= 4 is 11.9 Å². The van der Waals surface area contributed by atoms with Crippen LogP contribution in [0.1, 0.15) is 39.5 Å². The molecule has 4 heteroatoms. The minimum Gasteiger partial charge on any atom is -0.478 e. The number of allylic oxidation sites excluding steroid dienone is 2. The maximum absolute atomic E-state index is 11.0. The van der Waals surface area contributed by atoms with Gasteiger partial charge in [0.1, 0.15) is 0 Å². The molecule has 0 rings (SSSR count). The summed E-state index contributed by atoms with van der Waals surface area (Å²) in [6.45, 7) is 3.83. The van der Waals surface area contributed by atoms with Gasteiger partial charge in [-0.2, -0.15) is 0 Å². The third kappa shape index (κ3) is 5.34. The molecule has 90 valence electrons. The number of hydrogen-bond acceptors (Lipinski definition) is 2. The summed E-state index contributed by atoms with van der Waals surface area (Å²) in [5.41, 5.74) is 0.932. The molecule has 2 N–H and O–H groups in total. The highest BCUT2D eigenvalue weighted by Gasteiger charge is 2.11. The van der Waals surface area contributed by atoms with Gasteiger partial charge in [-0.05, 0) is 18.4 Å². The Bertz CT molecular complexity index is 313. The molecule has 0 fully saturated rings. The quantitative estimate of drug-likeness (QED) is 0.517. The van der Waals surface area contributed by atoms with Crippen LogP contribution >= 0.6 is 0 Å². The molecule has 0 saturated carbocycles. The summed E-state index contributed by atoms with van der Waals surface area (Å²) in [7, 11) is 0. The summed E-state index contributed by atoms with van der Waals surface area (Å²) in [6.07, 6.45) is 4.96. The minimum absolute atomic E-state index is 0.321. The van der Waals surface area contributed by atoms with E-state index in [2.05, 4.69) is 0 Å². The van der Waals surface area contributed by atoms with Crippen LogP contribution in [0.4, 0.5) is 0 Å². The third-order valence-electron chi connectivity index (χ3n) is 2.09. The van der Waals surface area contributed by atoms with Crippen molar-refractivity contribution in [3.63, 3.8) is 0 Å². The molecule has 0 unspecified atom stereocenters. The van der Waals surface area contributed by atoms with E-state index in [4.69, 9.17) is 10.2 Å². The van der Waals surface area contributed by atoms with Crippen LogP contribution in [0.3, 0.4) is 0 Å². The summed E-state index contributed by atoms with van der Waals surface area (Å²) in [6, 6.07) is 0. The number of carbonyl (C=O) groups is 2. The van der Waals surface area contributed by atoms with Crippen LogP contribution in [0.5, 0.6) is 0 Å². The standard InChI is InChI=1S/C12H18O4/c1-3-5-9(7-8-11(13)14)10(6-4-2)12(15)16/h7-8H,3-6H2,1-2H3,(H,13,14)(H,15,16)/b8-7+,10-9+. The van der Waals surface area contributed by atoms with Crippen LogP contribution in [0, 0.1) is 0 Å². The summed E-state index contributed by atoms with van der Waals surface area (Å²) >= 11 is 0. The lowest BCUT2D eigenvalue weighted by atomic mass is 9.99. The number of rotatable bonds is 7. The van der Waals surface area contributed by atoms with Crippen LogP contribution in [-0.4, -0.2) is 22.2 Å². The number of carboxylic acids is 2. The van der Waals surface area contributed by atoms with E-state index in [0.717, 1.165) is 18.9 Å². The molecular formula is C12H18O4. The Morgan fingerprint density at radius 2 is 1.56 bits per heavy atom. The molecule has 0 aromatic carbocycles. The lowest BCUT2D eigenvalue weighted by Crippen LogP contribution is -2.04.